The number of anilines is 1. The highest BCUT2D eigenvalue weighted by atomic mass is 35.5. The molecule has 5 heteroatoms. The number of hydrogen-bond acceptors (Lipinski definition) is 3. The summed E-state index contributed by atoms with van der Waals surface area (Å²) < 4.78 is 23.3. The van der Waals surface area contributed by atoms with Crippen LogP contribution in [0.15, 0.2) is 29.2 Å². The zero-order valence-corrected chi connectivity index (χ0v) is 12.6. The summed E-state index contributed by atoms with van der Waals surface area (Å²) in [6.45, 7) is 5.65. The molecule has 1 N–H and O–H groups in total. The maximum absolute atomic E-state index is 11.6. The number of halogens is 1. The van der Waals surface area contributed by atoms with Crippen LogP contribution in [0.2, 0.25) is 0 Å². The molecular formula is C13H20ClNO2S. The van der Waals surface area contributed by atoms with E-state index in [0.29, 0.717) is 4.90 Å². The van der Waals surface area contributed by atoms with Crippen LogP contribution in [0.1, 0.15) is 27.2 Å². The molecule has 3 nitrogen and oxygen atoms in total. The van der Waals surface area contributed by atoms with Gasteiger partial charge in [0.1, 0.15) is 0 Å². The predicted molar refractivity (Wildman–Crippen MR) is 77.2 cm³/mol. The first kappa shape index (κ1) is 15.3. The number of sulfone groups is 1. The van der Waals surface area contributed by atoms with E-state index >= 15 is 0 Å². The third-order valence-corrected chi connectivity index (χ3v) is 4.61. The number of hydrogen-bond donors (Lipinski definition) is 1. The highest BCUT2D eigenvalue weighted by Gasteiger charge is 2.11. The molecule has 0 spiro atoms. The van der Waals surface area contributed by atoms with Crippen molar-refractivity contribution in [1.29, 1.82) is 0 Å². The number of alkyl halides is 1. The second-order valence-corrected chi connectivity index (χ2v) is 7.51. The van der Waals surface area contributed by atoms with Gasteiger partial charge >= 0.3 is 0 Å². The molecule has 0 fully saturated rings. The normalized spacial score (nSPS) is 15.1. The Kier molecular flexibility index (Phi) is 5.47. The number of benzene rings is 1. The number of nitrogens with one attached hydrogen (secondary N) is 1. The van der Waals surface area contributed by atoms with Crippen molar-refractivity contribution in [2.45, 2.75) is 43.5 Å². The molecular weight excluding hydrogens is 270 g/mol. The van der Waals surface area contributed by atoms with Gasteiger partial charge in [0, 0.05) is 17.1 Å². The quantitative estimate of drug-likeness (QED) is 0.817. The zero-order valence-electron chi connectivity index (χ0n) is 11.0. The van der Waals surface area contributed by atoms with Crippen LogP contribution >= 0.6 is 11.6 Å². The van der Waals surface area contributed by atoms with E-state index in [1.807, 2.05) is 6.92 Å². The fraction of sp³-hybridized carbons (Fsp3) is 0.538. The summed E-state index contributed by atoms with van der Waals surface area (Å²) in [5.41, 5.74) is 0.912. The molecule has 0 heterocycles. The van der Waals surface area contributed by atoms with E-state index in [9.17, 15) is 8.42 Å². The Morgan fingerprint density at radius 1 is 1.22 bits per heavy atom. The Balaban J connectivity index is 2.72. The minimum atomic E-state index is -3.11. The van der Waals surface area contributed by atoms with Crippen LogP contribution in [0.5, 0.6) is 0 Å². The molecule has 1 rings (SSSR count). The smallest absolute Gasteiger partial charge is 0.178 e. The Hall–Kier alpha value is -0.740. The molecule has 0 saturated carbocycles. The first-order chi connectivity index (χ1) is 8.35. The number of rotatable bonds is 6. The van der Waals surface area contributed by atoms with Crippen molar-refractivity contribution in [3.05, 3.63) is 24.3 Å². The van der Waals surface area contributed by atoms with Crippen molar-refractivity contribution < 1.29 is 8.42 Å². The second kappa shape index (κ2) is 6.43. The molecule has 102 valence electrons. The van der Waals surface area contributed by atoms with Crippen molar-refractivity contribution in [3.63, 3.8) is 0 Å². The van der Waals surface area contributed by atoms with Crippen molar-refractivity contribution >= 4 is 27.1 Å². The van der Waals surface area contributed by atoms with Gasteiger partial charge in [0.05, 0.1) is 10.6 Å². The van der Waals surface area contributed by atoms with Gasteiger partial charge in [0.15, 0.2) is 9.84 Å². The molecule has 18 heavy (non-hydrogen) atoms. The molecule has 1 aromatic rings. The van der Waals surface area contributed by atoms with Gasteiger partial charge in [0.25, 0.3) is 0 Å². The standard InChI is InChI=1S/C13H20ClNO2S/c1-4-18(16,17)13-7-5-12(6-8-13)15-11(3)9-10(2)14/h5-8,10-11,15H,4,9H2,1-3H3. The SMILES string of the molecule is CCS(=O)(=O)c1ccc(NC(C)CC(C)Cl)cc1. The van der Waals surface area contributed by atoms with Gasteiger partial charge in [-0.05, 0) is 44.5 Å². The van der Waals surface area contributed by atoms with E-state index in [1.165, 1.54) is 0 Å². The van der Waals surface area contributed by atoms with Crippen LogP contribution < -0.4 is 5.32 Å². The first-order valence-corrected chi connectivity index (χ1v) is 8.17. The summed E-state index contributed by atoms with van der Waals surface area (Å²) in [6.07, 6.45) is 0.858. The third kappa shape index (κ3) is 4.50. The minimum Gasteiger partial charge on any atom is -0.383 e. The van der Waals surface area contributed by atoms with E-state index in [1.54, 1.807) is 31.2 Å². The molecule has 0 aliphatic heterocycles. The molecule has 0 aromatic heterocycles. The molecule has 2 atom stereocenters. The Morgan fingerprint density at radius 2 is 1.78 bits per heavy atom. The summed E-state index contributed by atoms with van der Waals surface area (Å²) in [5, 5.41) is 3.41. The maximum Gasteiger partial charge on any atom is 0.178 e. The van der Waals surface area contributed by atoms with Crippen molar-refractivity contribution in [2.75, 3.05) is 11.1 Å². The van der Waals surface area contributed by atoms with Crippen LogP contribution in [0.25, 0.3) is 0 Å². The van der Waals surface area contributed by atoms with Crippen LogP contribution in [0.3, 0.4) is 0 Å². The van der Waals surface area contributed by atoms with Crippen LogP contribution in [-0.4, -0.2) is 25.6 Å². The first-order valence-electron chi connectivity index (χ1n) is 6.08. The van der Waals surface area contributed by atoms with Crippen molar-refractivity contribution in [3.8, 4) is 0 Å². The molecule has 0 saturated heterocycles. The van der Waals surface area contributed by atoms with Crippen molar-refractivity contribution in [1.82, 2.24) is 0 Å². The van der Waals surface area contributed by atoms with Gasteiger partial charge in [-0.25, -0.2) is 8.42 Å². The Bertz CT molecular complexity index is 468. The van der Waals surface area contributed by atoms with E-state index in [4.69, 9.17) is 11.6 Å². The van der Waals surface area contributed by atoms with E-state index in [-0.39, 0.29) is 17.2 Å². The molecule has 0 aliphatic rings. The molecule has 2 unspecified atom stereocenters. The topological polar surface area (TPSA) is 46.2 Å². The van der Waals surface area contributed by atoms with Gasteiger partial charge < -0.3 is 5.32 Å². The molecule has 1 aromatic carbocycles. The lowest BCUT2D eigenvalue weighted by molar-refractivity contribution is 0.597. The average Bonchev–Trinajstić information content (AvgIpc) is 2.28. The van der Waals surface area contributed by atoms with Gasteiger partial charge in [-0.2, -0.15) is 0 Å². The lowest BCUT2D eigenvalue weighted by atomic mass is 10.2. The minimum absolute atomic E-state index is 0.118. The summed E-state index contributed by atoms with van der Waals surface area (Å²) in [7, 11) is -3.11. The van der Waals surface area contributed by atoms with Crippen LogP contribution in [0.4, 0.5) is 5.69 Å². The van der Waals surface area contributed by atoms with Gasteiger partial charge in [0.2, 0.25) is 0 Å². The highest BCUT2D eigenvalue weighted by Crippen LogP contribution is 2.17. The monoisotopic (exact) mass is 289 g/mol. The second-order valence-electron chi connectivity index (χ2n) is 4.49. The summed E-state index contributed by atoms with van der Waals surface area (Å²) in [5.74, 6) is 0.125. The fourth-order valence-corrected chi connectivity index (χ4v) is 2.91. The van der Waals surface area contributed by atoms with Crippen LogP contribution in [0, 0.1) is 0 Å². The average molecular weight is 290 g/mol. The van der Waals surface area contributed by atoms with E-state index in [2.05, 4.69) is 12.2 Å². The Morgan fingerprint density at radius 3 is 2.22 bits per heavy atom. The Labute approximate surface area is 114 Å². The molecule has 0 bridgehead atoms. The molecule has 0 radical (unpaired) electrons. The summed E-state index contributed by atoms with van der Waals surface area (Å²) in [4.78, 5) is 0.369. The van der Waals surface area contributed by atoms with E-state index in [0.717, 1.165) is 12.1 Å². The van der Waals surface area contributed by atoms with Gasteiger partial charge in [-0.1, -0.05) is 6.92 Å². The fourth-order valence-electron chi connectivity index (χ4n) is 1.76. The van der Waals surface area contributed by atoms with Gasteiger partial charge in [-0.3, -0.25) is 0 Å². The van der Waals surface area contributed by atoms with E-state index < -0.39 is 9.84 Å². The maximum atomic E-state index is 11.6. The highest BCUT2D eigenvalue weighted by molar-refractivity contribution is 7.91. The molecule has 0 aliphatic carbocycles. The zero-order chi connectivity index (χ0) is 13.8. The lowest BCUT2D eigenvalue weighted by Gasteiger charge is -2.16. The largest absolute Gasteiger partial charge is 0.383 e. The van der Waals surface area contributed by atoms with Crippen LogP contribution in [-0.2, 0) is 9.84 Å². The summed E-state index contributed by atoms with van der Waals surface area (Å²) >= 11 is 5.92. The third-order valence-electron chi connectivity index (χ3n) is 2.68. The lowest BCUT2D eigenvalue weighted by Crippen LogP contribution is -2.18. The summed E-state index contributed by atoms with van der Waals surface area (Å²) in [6, 6.07) is 7.11. The van der Waals surface area contributed by atoms with Crippen molar-refractivity contribution in [2.24, 2.45) is 0 Å². The molecule has 0 amide bonds. The van der Waals surface area contributed by atoms with Gasteiger partial charge in [-0.15, -0.1) is 11.6 Å². The predicted octanol–water partition coefficient (Wildman–Crippen LogP) is 3.30.